The molecule has 2 aromatic heterocycles. The number of hydrazone groups is 1. The van der Waals surface area contributed by atoms with E-state index >= 15 is 0 Å². The lowest BCUT2D eigenvalue weighted by Crippen LogP contribution is -1.89. The van der Waals surface area contributed by atoms with E-state index in [1.807, 2.05) is 19.2 Å². The van der Waals surface area contributed by atoms with Crippen molar-refractivity contribution in [3.8, 4) is 0 Å². The van der Waals surface area contributed by atoms with Crippen molar-refractivity contribution in [2.45, 2.75) is 0 Å². The van der Waals surface area contributed by atoms with Crippen molar-refractivity contribution in [1.82, 2.24) is 14.8 Å². The highest BCUT2D eigenvalue weighted by Crippen LogP contribution is 2.18. The molecule has 90 valence electrons. The molecule has 0 amide bonds. The van der Waals surface area contributed by atoms with Gasteiger partial charge in [-0.2, -0.15) is 5.10 Å². The van der Waals surface area contributed by atoms with Crippen molar-refractivity contribution in [3.63, 3.8) is 0 Å². The molecule has 3 rings (SSSR count). The summed E-state index contributed by atoms with van der Waals surface area (Å²) < 4.78 is 2.08. The standard InChI is InChI=1S/C12H11N5S/c1-17-7-9(10-4-2-3-5-11(10)17)6-13-15-12-16-14-8-18-12/h2-8H,1H3,(H,15,16)/b13-6+. The summed E-state index contributed by atoms with van der Waals surface area (Å²) in [4.78, 5) is 0. The Morgan fingerprint density at radius 1 is 1.39 bits per heavy atom. The lowest BCUT2D eigenvalue weighted by Gasteiger charge is -1.93. The van der Waals surface area contributed by atoms with Gasteiger partial charge >= 0.3 is 0 Å². The summed E-state index contributed by atoms with van der Waals surface area (Å²) in [6.07, 6.45) is 3.85. The highest BCUT2D eigenvalue weighted by Gasteiger charge is 2.03. The first-order chi connectivity index (χ1) is 8.84. The zero-order valence-corrected chi connectivity index (χ0v) is 10.6. The van der Waals surface area contributed by atoms with E-state index in [4.69, 9.17) is 0 Å². The Kier molecular flexibility index (Phi) is 2.77. The number of benzene rings is 1. The minimum atomic E-state index is 0.687. The molecule has 0 radical (unpaired) electrons. The Labute approximate surface area is 108 Å². The van der Waals surface area contributed by atoms with E-state index in [0.717, 1.165) is 5.56 Å². The third-order valence-electron chi connectivity index (χ3n) is 2.65. The SMILES string of the molecule is Cn1cc(/C=N/Nc2nncs2)c2ccccc21. The van der Waals surface area contributed by atoms with Crippen LogP contribution in [-0.2, 0) is 7.05 Å². The second-order valence-electron chi connectivity index (χ2n) is 3.83. The monoisotopic (exact) mass is 257 g/mol. The van der Waals surface area contributed by atoms with Crippen LogP contribution >= 0.6 is 11.3 Å². The van der Waals surface area contributed by atoms with E-state index in [-0.39, 0.29) is 0 Å². The number of hydrogen-bond acceptors (Lipinski definition) is 5. The van der Waals surface area contributed by atoms with Crippen LogP contribution in [0.3, 0.4) is 0 Å². The number of aryl methyl sites for hydroxylation is 1. The van der Waals surface area contributed by atoms with Crippen LogP contribution in [0.1, 0.15) is 5.56 Å². The van der Waals surface area contributed by atoms with Crippen LogP contribution in [0.4, 0.5) is 5.13 Å². The second-order valence-corrected chi connectivity index (χ2v) is 4.66. The van der Waals surface area contributed by atoms with Crippen molar-refractivity contribution in [1.29, 1.82) is 0 Å². The summed E-state index contributed by atoms with van der Waals surface area (Å²) in [6, 6.07) is 8.23. The normalized spacial score (nSPS) is 11.4. The maximum Gasteiger partial charge on any atom is 0.225 e. The Balaban J connectivity index is 1.88. The van der Waals surface area contributed by atoms with Gasteiger partial charge in [0.05, 0.1) is 6.21 Å². The summed E-state index contributed by atoms with van der Waals surface area (Å²) in [5, 5.41) is 13.6. The third-order valence-corrected chi connectivity index (χ3v) is 3.25. The number of hydrogen-bond donors (Lipinski definition) is 1. The molecule has 1 aromatic carbocycles. The van der Waals surface area contributed by atoms with E-state index in [2.05, 4.69) is 43.6 Å². The van der Waals surface area contributed by atoms with Gasteiger partial charge < -0.3 is 4.57 Å². The van der Waals surface area contributed by atoms with Gasteiger partial charge in [-0.05, 0) is 6.07 Å². The number of fused-ring (bicyclic) bond motifs is 1. The van der Waals surface area contributed by atoms with Crippen molar-refractivity contribution >= 4 is 33.6 Å². The van der Waals surface area contributed by atoms with Crippen LogP contribution in [0.25, 0.3) is 10.9 Å². The molecule has 1 N–H and O–H groups in total. The second kappa shape index (κ2) is 4.58. The van der Waals surface area contributed by atoms with E-state index < -0.39 is 0 Å². The van der Waals surface area contributed by atoms with E-state index in [1.54, 1.807) is 11.7 Å². The number of aromatic nitrogens is 3. The summed E-state index contributed by atoms with van der Waals surface area (Å²) in [6.45, 7) is 0. The molecule has 0 aliphatic heterocycles. The molecule has 0 bridgehead atoms. The van der Waals surface area contributed by atoms with Gasteiger partial charge in [-0.3, -0.25) is 5.43 Å². The summed E-state index contributed by atoms with van der Waals surface area (Å²) in [5.41, 5.74) is 6.78. The smallest absolute Gasteiger partial charge is 0.225 e. The molecular weight excluding hydrogens is 246 g/mol. The molecule has 18 heavy (non-hydrogen) atoms. The Morgan fingerprint density at radius 2 is 2.28 bits per heavy atom. The van der Waals surface area contributed by atoms with Gasteiger partial charge in [0.25, 0.3) is 0 Å². The molecule has 3 aromatic rings. The number of para-hydroxylation sites is 1. The average Bonchev–Trinajstić information content (AvgIpc) is 3.00. The molecule has 5 nitrogen and oxygen atoms in total. The van der Waals surface area contributed by atoms with Gasteiger partial charge in [-0.1, -0.05) is 29.5 Å². The zero-order chi connectivity index (χ0) is 12.4. The highest BCUT2D eigenvalue weighted by atomic mass is 32.1. The fraction of sp³-hybridized carbons (Fsp3) is 0.0833. The molecule has 0 atom stereocenters. The Hall–Kier alpha value is -2.21. The first kappa shape index (κ1) is 10.9. The first-order valence-electron chi connectivity index (χ1n) is 5.44. The van der Waals surface area contributed by atoms with Gasteiger partial charge in [0.1, 0.15) is 5.51 Å². The third kappa shape index (κ3) is 1.98. The van der Waals surface area contributed by atoms with Crippen LogP contribution in [0.5, 0.6) is 0 Å². The van der Waals surface area contributed by atoms with Crippen LogP contribution in [0.2, 0.25) is 0 Å². The van der Waals surface area contributed by atoms with Gasteiger partial charge in [-0.25, -0.2) is 0 Å². The molecule has 0 aliphatic carbocycles. The number of rotatable bonds is 3. The Morgan fingerprint density at radius 3 is 3.11 bits per heavy atom. The van der Waals surface area contributed by atoms with Crippen molar-refractivity contribution < 1.29 is 0 Å². The maximum atomic E-state index is 4.17. The quantitative estimate of drug-likeness (QED) is 0.579. The van der Waals surface area contributed by atoms with E-state index in [0.29, 0.717) is 5.13 Å². The minimum Gasteiger partial charge on any atom is -0.350 e. The molecule has 0 spiro atoms. The molecule has 2 heterocycles. The van der Waals surface area contributed by atoms with Gasteiger partial charge in [0, 0.05) is 29.7 Å². The van der Waals surface area contributed by atoms with Crippen LogP contribution < -0.4 is 5.43 Å². The molecule has 0 aliphatic rings. The van der Waals surface area contributed by atoms with E-state index in [1.165, 1.54) is 22.2 Å². The largest absolute Gasteiger partial charge is 0.350 e. The first-order valence-corrected chi connectivity index (χ1v) is 6.32. The molecule has 0 saturated heterocycles. The summed E-state index contributed by atoms with van der Waals surface area (Å²) >= 11 is 1.41. The maximum absolute atomic E-state index is 4.17. The number of anilines is 1. The molecule has 6 heteroatoms. The van der Waals surface area contributed by atoms with Gasteiger partial charge in [0.15, 0.2) is 0 Å². The van der Waals surface area contributed by atoms with E-state index in [9.17, 15) is 0 Å². The van der Waals surface area contributed by atoms with Crippen molar-refractivity contribution in [2.75, 3.05) is 5.43 Å². The fourth-order valence-corrected chi connectivity index (χ4v) is 2.25. The summed E-state index contributed by atoms with van der Waals surface area (Å²) in [7, 11) is 2.03. The summed E-state index contributed by atoms with van der Waals surface area (Å²) in [5.74, 6) is 0. The molecular formula is C12H11N5S. The van der Waals surface area contributed by atoms with Gasteiger partial charge in [0.2, 0.25) is 5.13 Å². The molecule has 0 fully saturated rings. The predicted molar refractivity (Wildman–Crippen MR) is 74.0 cm³/mol. The van der Waals surface area contributed by atoms with Crippen molar-refractivity contribution in [3.05, 3.63) is 41.5 Å². The van der Waals surface area contributed by atoms with Gasteiger partial charge in [-0.15, -0.1) is 10.2 Å². The zero-order valence-electron chi connectivity index (χ0n) is 9.74. The molecule has 0 unspecified atom stereocenters. The number of nitrogens with one attached hydrogen (secondary N) is 1. The molecule has 0 saturated carbocycles. The van der Waals surface area contributed by atoms with Crippen LogP contribution in [-0.4, -0.2) is 21.0 Å². The van der Waals surface area contributed by atoms with Crippen LogP contribution in [0.15, 0.2) is 41.1 Å². The lowest BCUT2D eigenvalue weighted by atomic mass is 10.2. The lowest BCUT2D eigenvalue weighted by molar-refractivity contribution is 0.968. The fourth-order valence-electron chi connectivity index (χ4n) is 1.85. The average molecular weight is 257 g/mol. The topological polar surface area (TPSA) is 55.1 Å². The number of nitrogens with zero attached hydrogens (tertiary/aromatic N) is 4. The highest BCUT2D eigenvalue weighted by molar-refractivity contribution is 7.13. The van der Waals surface area contributed by atoms with Crippen LogP contribution in [0, 0.1) is 0 Å². The van der Waals surface area contributed by atoms with Crippen molar-refractivity contribution in [2.24, 2.45) is 12.1 Å². The minimum absolute atomic E-state index is 0.687. The Bertz CT molecular complexity index is 684. The predicted octanol–water partition coefficient (Wildman–Crippen LogP) is 2.48.